The second kappa shape index (κ2) is 11.4. The van der Waals surface area contributed by atoms with Gasteiger partial charge in [0.1, 0.15) is 22.8 Å². The maximum Gasteiger partial charge on any atom is 0.344 e. The van der Waals surface area contributed by atoms with E-state index in [0.29, 0.717) is 24.5 Å². The summed E-state index contributed by atoms with van der Waals surface area (Å²) in [6.45, 7) is 1.35. The van der Waals surface area contributed by atoms with Gasteiger partial charge in [0.05, 0.1) is 30.8 Å². The zero-order chi connectivity index (χ0) is 28.4. The first kappa shape index (κ1) is 27.2. The van der Waals surface area contributed by atoms with Crippen molar-refractivity contribution < 1.29 is 32.7 Å². The molecule has 10 heteroatoms. The number of esters is 1. The number of ether oxygens (including phenoxy) is 3. The lowest BCUT2D eigenvalue weighted by atomic mass is 9.87. The molecule has 5 rings (SSSR count). The summed E-state index contributed by atoms with van der Waals surface area (Å²) in [5.74, 6) is -0.678. The molecule has 0 bridgehead atoms. The van der Waals surface area contributed by atoms with Gasteiger partial charge in [-0.05, 0) is 54.3 Å². The monoisotopic (exact) mass is 564 g/mol. The molecule has 2 heterocycles. The van der Waals surface area contributed by atoms with Gasteiger partial charge in [-0.15, -0.1) is 0 Å². The number of aromatic nitrogens is 1. The van der Waals surface area contributed by atoms with Crippen LogP contribution in [0.5, 0.6) is 11.5 Å². The lowest BCUT2D eigenvalue weighted by Crippen LogP contribution is -2.42. The van der Waals surface area contributed by atoms with Crippen LogP contribution in [0, 0.1) is 12.7 Å². The zero-order valence-corrected chi connectivity index (χ0v) is 22.8. The van der Waals surface area contributed by atoms with Gasteiger partial charge in [-0.3, -0.25) is 4.79 Å². The maximum atomic E-state index is 14.6. The Hall–Kier alpha value is -4.37. The van der Waals surface area contributed by atoms with E-state index >= 15 is 0 Å². The Bertz CT molecular complexity index is 1550. The normalized spacial score (nSPS) is 14.4. The quantitative estimate of drug-likeness (QED) is 0.262. The van der Waals surface area contributed by atoms with Crippen molar-refractivity contribution in [3.8, 4) is 22.8 Å². The summed E-state index contributed by atoms with van der Waals surface area (Å²) in [5, 5.41) is 3.89. The van der Waals surface area contributed by atoms with Crippen LogP contribution in [-0.4, -0.2) is 49.3 Å². The number of fused-ring (bicyclic) bond motifs is 1. The molecular weight excluding hydrogens is 539 g/mol. The Balaban J connectivity index is 1.42. The zero-order valence-electron chi connectivity index (χ0n) is 22.1. The van der Waals surface area contributed by atoms with Crippen LogP contribution < -0.4 is 9.47 Å². The fourth-order valence-corrected chi connectivity index (χ4v) is 5.25. The SMILES string of the molecule is COc1cc2c(cc1OC)[C@H](c1ccccc1)N(C(=O)COC(=O)c1c(-c3c(F)cccc3Cl)noc1C)CC2. The summed E-state index contributed by atoms with van der Waals surface area (Å²) in [5.41, 5.74) is 2.54. The minimum atomic E-state index is -0.874. The van der Waals surface area contributed by atoms with Gasteiger partial charge in [0.15, 0.2) is 18.1 Å². The van der Waals surface area contributed by atoms with Crippen LogP contribution in [0.3, 0.4) is 0 Å². The largest absolute Gasteiger partial charge is 0.493 e. The van der Waals surface area contributed by atoms with Crippen molar-refractivity contribution in [2.75, 3.05) is 27.4 Å². The van der Waals surface area contributed by atoms with Crippen LogP contribution in [0.25, 0.3) is 11.3 Å². The predicted octanol–water partition coefficient (Wildman–Crippen LogP) is 5.79. The molecule has 1 aliphatic heterocycles. The van der Waals surface area contributed by atoms with E-state index in [1.165, 1.54) is 25.1 Å². The number of hydrogen-bond donors (Lipinski definition) is 0. The van der Waals surface area contributed by atoms with Gasteiger partial charge in [0.2, 0.25) is 0 Å². The third kappa shape index (κ3) is 5.00. The molecule has 3 aromatic carbocycles. The summed E-state index contributed by atoms with van der Waals surface area (Å²) in [4.78, 5) is 28.4. The average Bonchev–Trinajstić information content (AvgIpc) is 3.35. The van der Waals surface area contributed by atoms with Gasteiger partial charge >= 0.3 is 5.97 Å². The Labute approximate surface area is 235 Å². The number of nitrogens with zero attached hydrogens (tertiary/aromatic N) is 2. The van der Waals surface area contributed by atoms with Crippen LogP contribution in [0.4, 0.5) is 4.39 Å². The van der Waals surface area contributed by atoms with Gasteiger partial charge in [0.25, 0.3) is 5.91 Å². The minimum Gasteiger partial charge on any atom is -0.493 e. The molecular formula is C30H26ClFN2O6. The predicted molar refractivity (Wildman–Crippen MR) is 145 cm³/mol. The first-order valence-electron chi connectivity index (χ1n) is 12.5. The Morgan fingerprint density at radius 3 is 2.50 bits per heavy atom. The van der Waals surface area contributed by atoms with E-state index in [1.807, 2.05) is 42.5 Å². The van der Waals surface area contributed by atoms with Crippen molar-refractivity contribution in [2.45, 2.75) is 19.4 Å². The number of carbonyl (C=O) groups is 2. The van der Waals surface area contributed by atoms with E-state index in [1.54, 1.807) is 19.1 Å². The highest BCUT2D eigenvalue weighted by atomic mass is 35.5. The molecule has 0 radical (unpaired) electrons. The molecule has 0 fully saturated rings. The maximum absolute atomic E-state index is 14.6. The fourth-order valence-electron chi connectivity index (χ4n) is 5.00. The summed E-state index contributed by atoms with van der Waals surface area (Å²) >= 11 is 6.18. The molecule has 0 unspecified atom stereocenters. The molecule has 1 atom stereocenters. The fraction of sp³-hybridized carbons (Fsp3) is 0.233. The Morgan fingerprint density at radius 2 is 1.80 bits per heavy atom. The third-order valence-corrected chi connectivity index (χ3v) is 7.22. The number of aryl methyl sites for hydroxylation is 1. The van der Waals surface area contributed by atoms with E-state index in [4.69, 9.17) is 30.3 Å². The first-order chi connectivity index (χ1) is 19.3. The summed E-state index contributed by atoms with van der Waals surface area (Å²) in [6.07, 6.45) is 0.569. The molecule has 4 aromatic rings. The topological polar surface area (TPSA) is 91.1 Å². The molecule has 1 aliphatic rings. The molecule has 0 saturated carbocycles. The van der Waals surface area contributed by atoms with Crippen molar-refractivity contribution in [3.05, 3.63) is 99.5 Å². The van der Waals surface area contributed by atoms with Crippen molar-refractivity contribution >= 4 is 23.5 Å². The number of halogens is 2. The lowest BCUT2D eigenvalue weighted by molar-refractivity contribution is -0.136. The van der Waals surface area contributed by atoms with Crippen LogP contribution in [0.1, 0.15) is 38.9 Å². The Morgan fingerprint density at radius 1 is 1.07 bits per heavy atom. The van der Waals surface area contributed by atoms with Gasteiger partial charge in [0, 0.05) is 6.54 Å². The summed E-state index contributed by atoms with van der Waals surface area (Å²) in [6, 6.07) is 17.1. The minimum absolute atomic E-state index is 0.0585. The van der Waals surface area contributed by atoms with Crippen LogP contribution in [0.15, 0.2) is 65.2 Å². The standard InChI is InChI=1S/C30H26ClFN2O6/c1-17-26(28(33-40-17)27-21(31)10-7-11-22(27)32)30(36)39-16-25(35)34-13-12-19-14-23(37-2)24(38-3)15-20(19)29(34)18-8-5-4-6-9-18/h4-11,14-15,29H,12-13,16H2,1-3H3/t29-/m0/s1. The van der Waals surface area contributed by atoms with Crippen LogP contribution in [0.2, 0.25) is 5.02 Å². The van der Waals surface area contributed by atoms with Crippen molar-refractivity contribution in [2.24, 2.45) is 0 Å². The number of hydrogen-bond acceptors (Lipinski definition) is 7. The molecule has 8 nitrogen and oxygen atoms in total. The van der Waals surface area contributed by atoms with E-state index in [-0.39, 0.29) is 27.6 Å². The highest BCUT2D eigenvalue weighted by molar-refractivity contribution is 6.33. The van der Waals surface area contributed by atoms with Crippen molar-refractivity contribution in [3.63, 3.8) is 0 Å². The smallest absolute Gasteiger partial charge is 0.344 e. The first-order valence-corrected chi connectivity index (χ1v) is 12.9. The second-order valence-electron chi connectivity index (χ2n) is 9.19. The molecule has 40 heavy (non-hydrogen) atoms. The molecule has 206 valence electrons. The number of benzene rings is 3. The summed E-state index contributed by atoms with van der Waals surface area (Å²) < 4.78 is 36.2. The number of amides is 1. The highest BCUT2D eigenvalue weighted by Gasteiger charge is 2.34. The van der Waals surface area contributed by atoms with E-state index in [2.05, 4.69) is 5.16 Å². The number of carbonyl (C=O) groups excluding carboxylic acids is 2. The number of methoxy groups -OCH3 is 2. The lowest BCUT2D eigenvalue weighted by Gasteiger charge is -2.38. The van der Waals surface area contributed by atoms with E-state index < -0.39 is 30.3 Å². The number of rotatable bonds is 7. The van der Waals surface area contributed by atoms with Gasteiger partial charge in [-0.1, -0.05) is 53.2 Å². The third-order valence-electron chi connectivity index (χ3n) is 6.90. The second-order valence-corrected chi connectivity index (χ2v) is 9.60. The van der Waals surface area contributed by atoms with Gasteiger partial charge in [-0.2, -0.15) is 0 Å². The molecule has 0 saturated heterocycles. The van der Waals surface area contributed by atoms with E-state index in [9.17, 15) is 14.0 Å². The summed E-state index contributed by atoms with van der Waals surface area (Å²) in [7, 11) is 3.14. The molecule has 0 spiro atoms. The van der Waals surface area contributed by atoms with Crippen LogP contribution in [-0.2, 0) is 16.0 Å². The van der Waals surface area contributed by atoms with E-state index in [0.717, 1.165) is 16.7 Å². The molecule has 1 aromatic heterocycles. The van der Waals surface area contributed by atoms with Crippen molar-refractivity contribution in [1.29, 1.82) is 0 Å². The molecule has 0 N–H and O–H groups in total. The molecule has 0 aliphatic carbocycles. The molecule has 1 amide bonds. The van der Waals surface area contributed by atoms with Crippen LogP contribution >= 0.6 is 11.6 Å². The van der Waals surface area contributed by atoms with Gasteiger partial charge in [-0.25, -0.2) is 9.18 Å². The highest BCUT2D eigenvalue weighted by Crippen LogP contribution is 2.41. The Kier molecular flexibility index (Phi) is 7.75. The average molecular weight is 565 g/mol. The van der Waals surface area contributed by atoms with Gasteiger partial charge < -0.3 is 23.6 Å². The van der Waals surface area contributed by atoms with Crippen molar-refractivity contribution in [1.82, 2.24) is 10.1 Å².